The quantitative estimate of drug-likeness (QED) is 0.101. The van der Waals surface area contributed by atoms with Crippen LogP contribution in [-0.4, -0.2) is 151 Å². The van der Waals surface area contributed by atoms with Crippen LogP contribution < -0.4 is 26.2 Å². The average Bonchev–Trinajstić information content (AvgIpc) is 4.28. The number of aromatic amines is 1. The van der Waals surface area contributed by atoms with E-state index in [1.165, 1.54) is 17.0 Å². The van der Waals surface area contributed by atoms with Crippen molar-refractivity contribution in [2.24, 2.45) is 5.92 Å². The van der Waals surface area contributed by atoms with Crippen LogP contribution in [0.4, 0.5) is 4.39 Å². The molecule has 4 aromatic rings. The summed E-state index contributed by atoms with van der Waals surface area (Å²) in [6.07, 6.45) is 10.2. The lowest BCUT2D eigenvalue weighted by Crippen LogP contribution is -2.65. The van der Waals surface area contributed by atoms with Crippen molar-refractivity contribution in [3.8, 4) is 0 Å². The number of halogens is 1. The Balaban J connectivity index is 0.693. The molecule has 4 aliphatic heterocycles. The van der Waals surface area contributed by atoms with Crippen molar-refractivity contribution in [2.75, 3.05) is 64.7 Å². The third-order valence-electron chi connectivity index (χ3n) is 16.6. The van der Waals surface area contributed by atoms with E-state index in [0.29, 0.717) is 91.8 Å². The number of rotatable bonds is 17. The zero-order chi connectivity index (χ0) is 52.3. The number of fused-ring (bicyclic) bond motifs is 4. The van der Waals surface area contributed by atoms with Crippen molar-refractivity contribution in [3.05, 3.63) is 111 Å². The highest BCUT2D eigenvalue weighted by Gasteiger charge is 2.52. The highest BCUT2D eigenvalue weighted by atomic mass is 32.2. The number of nitrogens with one attached hydrogen (secondary N) is 5. The van der Waals surface area contributed by atoms with Gasteiger partial charge in [-0.15, -0.1) is 0 Å². The van der Waals surface area contributed by atoms with Gasteiger partial charge in [0.2, 0.25) is 21.8 Å². The number of carbonyl (C=O) groups excluding carboxylic acids is 5. The number of hydrogen-bond acceptors (Lipinski definition) is 12. The number of aromatic nitrogens is 2. The summed E-state index contributed by atoms with van der Waals surface area (Å²) in [7, 11) is -4.22. The second-order valence-electron chi connectivity index (χ2n) is 21.8. The van der Waals surface area contributed by atoms with E-state index in [1.54, 1.807) is 35.2 Å². The lowest BCUT2D eigenvalue weighted by molar-refractivity contribution is -0.152. The molecule has 11 rings (SSSR count). The number of piperidine rings is 1. The molecule has 7 aliphatic rings. The molecule has 1 aromatic heterocycles. The number of amides is 5. The van der Waals surface area contributed by atoms with Crippen LogP contribution in [0.1, 0.15) is 127 Å². The molecule has 0 unspecified atom stereocenters. The smallest absolute Gasteiger partial charge is 0.272 e. The lowest BCUT2D eigenvalue weighted by Gasteiger charge is -2.53. The maximum atomic E-state index is 15.1. The molecule has 3 saturated carbocycles. The summed E-state index contributed by atoms with van der Waals surface area (Å²) in [5, 5.41) is 17.5. The van der Waals surface area contributed by atoms with E-state index in [1.807, 2.05) is 29.2 Å². The fourth-order valence-electron chi connectivity index (χ4n) is 12.0. The second-order valence-corrected chi connectivity index (χ2v) is 23.6. The monoisotopic (exact) mass is 1050 g/mol. The Kier molecular flexibility index (Phi) is 15.5. The summed E-state index contributed by atoms with van der Waals surface area (Å²) < 4.78 is 51.6. The minimum Gasteiger partial charge on any atom is -0.372 e. The van der Waals surface area contributed by atoms with Gasteiger partial charge in [-0.3, -0.25) is 33.5 Å². The maximum Gasteiger partial charge on any atom is 0.272 e. The minimum absolute atomic E-state index is 0.0137. The Morgan fingerprint density at radius 3 is 2.25 bits per heavy atom. The molecule has 400 valence electrons. The molecule has 2 atom stereocenters. The van der Waals surface area contributed by atoms with Crippen molar-refractivity contribution in [1.29, 1.82) is 0 Å². The number of hydrogen-bond donors (Lipinski definition) is 5. The molecule has 3 aromatic carbocycles. The van der Waals surface area contributed by atoms with E-state index in [-0.39, 0.29) is 80.5 Å². The van der Waals surface area contributed by atoms with E-state index in [0.717, 1.165) is 50.5 Å². The van der Waals surface area contributed by atoms with Crippen LogP contribution in [0.2, 0.25) is 0 Å². The molecular weight excluding hydrogens is 982 g/mol. The summed E-state index contributed by atoms with van der Waals surface area (Å²) in [6.45, 7) is 2.75. The van der Waals surface area contributed by atoms with Crippen LogP contribution in [0.15, 0.2) is 71.5 Å². The molecule has 2 bridgehead atoms. The highest BCUT2D eigenvalue weighted by molar-refractivity contribution is 7.90. The zero-order valence-electron chi connectivity index (χ0n) is 42.4. The van der Waals surface area contributed by atoms with Gasteiger partial charge in [-0.2, -0.15) is 5.10 Å². The first-order valence-corrected chi connectivity index (χ1v) is 28.5. The maximum absolute atomic E-state index is 15.1. The summed E-state index contributed by atoms with van der Waals surface area (Å²) in [5.41, 5.74) is 0.600. The van der Waals surface area contributed by atoms with Crippen LogP contribution in [0.3, 0.4) is 0 Å². The van der Waals surface area contributed by atoms with Gasteiger partial charge in [-0.25, -0.2) is 17.9 Å². The van der Waals surface area contributed by atoms with Crippen molar-refractivity contribution in [3.63, 3.8) is 0 Å². The van der Waals surface area contributed by atoms with Crippen LogP contribution >= 0.6 is 0 Å². The van der Waals surface area contributed by atoms with Crippen molar-refractivity contribution in [1.82, 2.24) is 45.6 Å². The Bertz CT molecular complexity index is 2960. The molecule has 7 fully saturated rings. The third kappa shape index (κ3) is 12.3. The predicted octanol–water partition coefficient (Wildman–Crippen LogP) is 3.89. The second kappa shape index (κ2) is 22.2. The molecule has 5 N–H and O–H groups in total. The lowest BCUT2D eigenvalue weighted by atomic mass is 9.72. The number of nitrogens with zero attached hydrogens (tertiary/aromatic N) is 4. The fourth-order valence-corrected chi connectivity index (χ4v) is 13.5. The van der Waals surface area contributed by atoms with Crippen LogP contribution in [-0.2, 0) is 35.6 Å². The van der Waals surface area contributed by atoms with E-state index >= 15 is 4.39 Å². The molecule has 18 nitrogen and oxygen atoms in total. The van der Waals surface area contributed by atoms with Gasteiger partial charge in [0, 0.05) is 74.1 Å². The van der Waals surface area contributed by atoms with Gasteiger partial charge in [-0.05, 0) is 112 Å². The molecule has 5 heterocycles. The van der Waals surface area contributed by atoms with Gasteiger partial charge < -0.3 is 35.4 Å². The molecule has 0 radical (unpaired) electrons. The number of H-pyrrole nitrogens is 1. The van der Waals surface area contributed by atoms with Crippen molar-refractivity contribution >= 4 is 50.3 Å². The van der Waals surface area contributed by atoms with E-state index in [4.69, 9.17) is 4.74 Å². The van der Waals surface area contributed by atoms with Gasteiger partial charge in [-0.1, -0.05) is 55.7 Å². The van der Waals surface area contributed by atoms with E-state index < -0.39 is 56.5 Å². The SMILES string of the molecule is O=C(N[C@@H](C(=O)NS(=O)(=O)CC12CCC(NCC(=O)N3CCN(C(=O)c4cc(Cc5n[nH]c(=O)c6ccccc56)ccc4F)CC3)(CC1)CO2)C1CCCCC1)c1cccc([C@@H]2CCCN(C(=O)CNC3CC3)C2)c1. The van der Waals surface area contributed by atoms with E-state index in [2.05, 4.69) is 30.9 Å². The first-order valence-electron chi connectivity index (χ1n) is 26.8. The molecule has 5 amide bonds. The molecule has 20 heteroatoms. The molecule has 4 saturated heterocycles. The summed E-state index contributed by atoms with van der Waals surface area (Å²) >= 11 is 0. The number of benzene rings is 3. The van der Waals surface area contributed by atoms with E-state index in [9.17, 15) is 37.2 Å². The number of ether oxygens (including phenoxy) is 1. The average molecular weight is 1050 g/mol. The Labute approximate surface area is 436 Å². The molecule has 3 aliphatic carbocycles. The summed E-state index contributed by atoms with van der Waals surface area (Å²) in [4.78, 5) is 85.5. The highest BCUT2D eigenvalue weighted by Crippen LogP contribution is 2.44. The Morgan fingerprint density at radius 1 is 0.787 bits per heavy atom. The molecule has 0 spiro atoms. The number of carbonyl (C=O) groups is 5. The number of sulfonamides is 1. The molecular formula is C55H68FN9O9S. The minimum atomic E-state index is -4.22. The standard InChI is InChI=1S/C55H68FN9O9S/c56-45-18-15-36(29-46-42-13-4-5-14-43(42)51(69)61-60-46)28-44(45)53(71)64-26-24-63(25-27-64)48(67)32-58-54-19-21-55(22-20-54,74-34-54)35-75(72,73)62-52(70)49(37-8-2-1-3-9-37)59-50(68)39-11-6-10-38(30-39)40-12-7-23-65(33-40)47(66)31-57-41-16-17-41/h4-6,10-11,13-15,18,28,30,37,40-41,49,57-58H,1-3,7-9,12,16-17,19-27,29,31-35H2,(H,59,68)(H,61,69)(H,62,70)/t40-,49-,54?,55?/m1/s1. The van der Waals surface area contributed by atoms with Gasteiger partial charge in [0.15, 0.2) is 0 Å². The zero-order valence-corrected chi connectivity index (χ0v) is 43.2. The van der Waals surface area contributed by atoms with Crippen molar-refractivity contribution < 1.29 is 41.5 Å². The Morgan fingerprint density at radius 2 is 1.52 bits per heavy atom. The van der Waals surface area contributed by atoms with Crippen molar-refractivity contribution in [2.45, 2.75) is 119 Å². The van der Waals surface area contributed by atoms with Gasteiger partial charge >= 0.3 is 0 Å². The predicted molar refractivity (Wildman–Crippen MR) is 278 cm³/mol. The topological polar surface area (TPSA) is 232 Å². The Hall–Kier alpha value is -6.09. The first-order chi connectivity index (χ1) is 36.1. The number of likely N-dealkylation sites (tertiary alicyclic amines) is 1. The molecule has 75 heavy (non-hydrogen) atoms. The third-order valence-corrected chi connectivity index (χ3v) is 18.0. The van der Waals surface area contributed by atoms with Gasteiger partial charge in [0.1, 0.15) is 11.9 Å². The summed E-state index contributed by atoms with van der Waals surface area (Å²) in [6, 6.07) is 18.1. The normalized spacial score (nSPS) is 23.7. The first kappa shape index (κ1) is 52.4. The number of piperazine rings is 1. The fraction of sp³-hybridized carbons (Fsp3) is 0.545. The van der Waals surface area contributed by atoms with Gasteiger partial charge in [0.05, 0.1) is 47.7 Å². The van der Waals surface area contributed by atoms with Crippen LogP contribution in [0, 0.1) is 11.7 Å². The van der Waals surface area contributed by atoms with Gasteiger partial charge in [0.25, 0.3) is 23.3 Å². The largest absolute Gasteiger partial charge is 0.372 e. The summed E-state index contributed by atoms with van der Waals surface area (Å²) in [5.74, 6) is -3.03. The van der Waals surface area contributed by atoms with Crippen LogP contribution in [0.25, 0.3) is 10.8 Å². The van der Waals surface area contributed by atoms with Crippen LogP contribution in [0.5, 0.6) is 0 Å².